The number of ether oxygens (including phenoxy) is 1. The van der Waals surface area contributed by atoms with Crippen LogP contribution in [0.5, 0.6) is 5.88 Å². The molecule has 0 amide bonds. The second-order valence-electron chi connectivity index (χ2n) is 6.72. The first kappa shape index (κ1) is 17.4. The first-order valence-electron chi connectivity index (χ1n) is 9.46. The van der Waals surface area contributed by atoms with Gasteiger partial charge in [0.25, 0.3) is 0 Å². The molecule has 1 saturated heterocycles. The van der Waals surface area contributed by atoms with Crippen molar-refractivity contribution in [3.05, 3.63) is 54.9 Å². The van der Waals surface area contributed by atoms with Gasteiger partial charge in [-0.05, 0) is 18.2 Å². The fraction of sp³-hybridized carbons (Fsp3) is 0.250. The number of methoxy groups -OCH3 is 1. The Morgan fingerprint density at radius 3 is 2.45 bits per heavy atom. The van der Waals surface area contributed by atoms with Gasteiger partial charge in [-0.15, -0.1) is 5.10 Å². The average Bonchev–Trinajstić information content (AvgIpc) is 3.24. The number of hydrogen-bond donors (Lipinski definition) is 0. The van der Waals surface area contributed by atoms with Crippen LogP contribution in [0, 0.1) is 0 Å². The minimum atomic E-state index is 0.625. The standard InChI is InChI=1S/C20H20N8O/c1-29-17-9-5-8-16(23-17)26-10-12-27(13-11-26)19-18-20(22-14-21-19)28(25-24-18)15-6-3-2-4-7-15/h2-9,14H,10-13H2,1H3. The molecule has 1 aliphatic rings. The Kier molecular flexibility index (Phi) is 4.39. The minimum Gasteiger partial charge on any atom is -0.481 e. The van der Waals surface area contributed by atoms with Crippen molar-refractivity contribution in [2.45, 2.75) is 0 Å². The predicted molar refractivity (Wildman–Crippen MR) is 110 cm³/mol. The van der Waals surface area contributed by atoms with E-state index in [2.05, 4.69) is 35.1 Å². The van der Waals surface area contributed by atoms with Gasteiger partial charge in [0.1, 0.15) is 12.1 Å². The summed E-state index contributed by atoms with van der Waals surface area (Å²) in [5, 5.41) is 8.68. The van der Waals surface area contributed by atoms with Gasteiger partial charge in [-0.25, -0.2) is 9.97 Å². The van der Waals surface area contributed by atoms with Gasteiger partial charge in [-0.2, -0.15) is 9.67 Å². The summed E-state index contributed by atoms with van der Waals surface area (Å²) in [6, 6.07) is 15.7. The number of hydrogen-bond acceptors (Lipinski definition) is 8. The lowest BCUT2D eigenvalue weighted by atomic mass is 10.3. The second kappa shape index (κ2) is 7.34. The predicted octanol–water partition coefficient (Wildman–Crippen LogP) is 1.94. The number of para-hydroxylation sites is 1. The summed E-state index contributed by atoms with van der Waals surface area (Å²) in [6.07, 6.45) is 1.58. The Labute approximate surface area is 167 Å². The van der Waals surface area contributed by atoms with Crippen LogP contribution >= 0.6 is 0 Å². The molecular formula is C20H20N8O. The van der Waals surface area contributed by atoms with Gasteiger partial charge in [-0.1, -0.05) is 29.5 Å². The van der Waals surface area contributed by atoms with E-state index in [1.807, 2.05) is 48.5 Å². The number of piperazine rings is 1. The highest BCUT2D eigenvalue weighted by Gasteiger charge is 2.23. The maximum absolute atomic E-state index is 5.24. The highest BCUT2D eigenvalue weighted by atomic mass is 16.5. The van der Waals surface area contributed by atoms with Crippen molar-refractivity contribution in [2.24, 2.45) is 0 Å². The molecule has 9 heteroatoms. The van der Waals surface area contributed by atoms with Gasteiger partial charge >= 0.3 is 0 Å². The number of aromatic nitrogens is 6. The summed E-state index contributed by atoms with van der Waals surface area (Å²) in [6.45, 7) is 3.28. The molecule has 4 aromatic rings. The normalized spacial score (nSPS) is 14.4. The zero-order valence-electron chi connectivity index (χ0n) is 16.0. The lowest BCUT2D eigenvalue weighted by Gasteiger charge is -2.35. The van der Waals surface area contributed by atoms with Crippen LogP contribution in [0.4, 0.5) is 11.6 Å². The summed E-state index contributed by atoms with van der Waals surface area (Å²) in [7, 11) is 1.63. The molecule has 0 unspecified atom stereocenters. The fourth-order valence-electron chi connectivity index (χ4n) is 3.55. The van der Waals surface area contributed by atoms with Crippen molar-refractivity contribution in [2.75, 3.05) is 43.1 Å². The molecule has 0 bridgehead atoms. The molecule has 4 heterocycles. The molecule has 0 atom stereocenters. The Hall–Kier alpha value is -3.75. The number of benzene rings is 1. The molecule has 1 aliphatic heterocycles. The van der Waals surface area contributed by atoms with E-state index in [9.17, 15) is 0 Å². The van der Waals surface area contributed by atoms with E-state index >= 15 is 0 Å². The minimum absolute atomic E-state index is 0.625. The van der Waals surface area contributed by atoms with Crippen LogP contribution in [-0.2, 0) is 0 Å². The van der Waals surface area contributed by atoms with Crippen molar-refractivity contribution < 1.29 is 4.74 Å². The van der Waals surface area contributed by atoms with Crippen LogP contribution in [0.25, 0.3) is 16.9 Å². The van der Waals surface area contributed by atoms with Gasteiger partial charge < -0.3 is 14.5 Å². The van der Waals surface area contributed by atoms with Gasteiger partial charge in [0.2, 0.25) is 5.88 Å². The van der Waals surface area contributed by atoms with E-state index in [1.54, 1.807) is 18.1 Å². The Bertz CT molecular complexity index is 1120. The van der Waals surface area contributed by atoms with Crippen LogP contribution in [-0.4, -0.2) is 63.2 Å². The number of pyridine rings is 1. The van der Waals surface area contributed by atoms with Gasteiger partial charge in [-0.3, -0.25) is 0 Å². The molecule has 5 rings (SSSR count). The third kappa shape index (κ3) is 3.20. The van der Waals surface area contributed by atoms with E-state index < -0.39 is 0 Å². The summed E-state index contributed by atoms with van der Waals surface area (Å²) < 4.78 is 6.99. The third-order valence-corrected chi connectivity index (χ3v) is 5.04. The van der Waals surface area contributed by atoms with Crippen LogP contribution in [0.1, 0.15) is 0 Å². The van der Waals surface area contributed by atoms with Gasteiger partial charge in [0.05, 0.1) is 12.8 Å². The molecule has 0 spiro atoms. The molecule has 29 heavy (non-hydrogen) atoms. The topological polar surface area (TPSA) is 85.1 Å². The van der Waals surface area contributed by atoms with E-state index in [4.69, 9.17) is 4.74 Å². The summed E-state index contributed by atoms with van der Waals surface area (Å²) in [4.78, 5) is 17.9. The molecule has 0 radical (unpaired) electrons. The number of nitrogens with zero attached hydrogens (tertiary/aromatic N) is 8. The quantitative estimate of drug-likeness (QED) is 0.524. The molecule has 3 aromatic heterocycles. The van der Waals surface area contributed by atoms with Crippen LogP contribution in [0.3, 0.4) is 0 Å². The van der Waals surface area contributed by atoms with Crippen molar-refractivity contribution in [1.82, 2.24) is 29.9 Å². The highest BCUT2D eigenvalue weighted by Crippen LogP contribution is 2.25. The van der Waals surface area contributed by atoms with Gasteiger partial charge in [0, 0.05) is 32.2 Å². The van der Waals surface area contributed by atoms with E-state index in [-0.39, 0.29) is 0 Å². The molecule has 1 aromatic carbocycles. The van der Waals surface area contributed by atoms with Crippen molar-refractivity contribution in [3.8, 4) is 11.6 Å². The first-order chi connectivity index (χ1) is 14.3. The maximum Gasteiger partial charge on any atom is 0.214 e. The number of fused-ring (bicyclic) bond motifs is 1. The summed E-state index contributed by atoms with van der Waals surface area (Å²) >= 11 is 0. The summed E-state index contributed by atoms with van der Waals surface area (Å²) in [5.74, 6) is 2.36. The molecule has 146 valence electrons. The molecule has 0 aliphatic carbocycles. The number of anilines is 2. The largest absolute Gasteiger partial charge is 0.481 e. The Balaban J connectivity index is 1.39. The maximum atomic E-state index is 5.24. The van der Waals surface area contributed by atoms with Crippen LogP contribution < -0.4 is 14.5 Å². The van der Waals surface area contributed by atoms with Crippen LogP contribution in [0.2, 0.25) is 0 Å². The fourth-order valence-corrected chi connectivity index (χ4v) is 3.55. The van der Waals surface area contributed by atoms with Crippen LogP contribution in [0.15, 0.2) is 54.9 Å². The zero-order valence-corrected chi connectivity index (χ0v) is 16.0. The first-order valence-corrected chi connectivity index (χ1v) is 9.46. The molecule has 0 N–H and O–H groups in total. The third-order valence-electron chi connectivity index (χ3n) is 5.04. The average molecular weight is 388 g/mol. The molecular weight excluding hydrogens is 368 g/mol. The molecule has 0 saturated carbocycles. The monoisotopic (exact) mass is 388 g/mol. The van der Waals surface area contributed by atoms with Crippen molar-refractivity contribution in [3.63, 3.8) is 0 Å². The van der Waals surface area contributed by atoms with Gasteiger partial charge in [0.15, 0.2) is 17.0 Å². The summed E-state index contributed by atoms with van der Waals surface area (Å²) in [5.41, 5.74) is 2.34. The Morgan fingerprint density at radius 1 is 0.862 bits per heavy atom. The van der Waals surface area contributed by atoms with E-state index in [0.717, 1.165) is 43.5 Å². The van der Waals surface area contributed by atoms with E-state index in [1.165, 1.54) is 0 Å². The number of rotatable bonds is 4. The van der Waals surface area contributed by atoms with E-state index in [0.29, 0.717) is 17.0 Å². The molecule has 1 fully saturated rings. The lowest BCUT2D eigenvalue weighted by Crippen LogP contribution is -2.47. The van der Waals surface area contributed by atoms with Crippen molar-refractivity contribution >= 4 is 22.8 Å². The zero-order chi connectivity index (χ0) is 19.6. The highest BCUT2D eigenvalue weighted by molar-refractivity contribution is 5.83. The smallest absolute Gasteiger partial charge is 0.214 e. The SMILES string of the molecule is COc1cccc(N2CCN(c3ncnc4c3nnn4-c3ccccc3)CC2)n1. The molecule has 9 nitrogen and oxygen atoms in total. The second-order valence-corrected chi connectivity index (χ2v) is 6.72. The lowest BCUT2D eigenvalue weighted by molar-refractivity contribution is 0.397. The van der Waals surface area contributed by atoms with Crippen molar-refractivity contribution in [1.29, 1.82) is 0 Å². The Morgan fingerprint density at radius 2 is 1.66 bits per heavy atom.